The van der Waals surface area contributed by atoms with Gasteiger partial charge >= 0.3 is 0 Å². The summed E-state index contributed by atoms with van der Waals surface area (Å²) in [5.41, 5.74) is 7.25. The number of aryl methyl sites for hydroxylation is 3. The van der Waals surface area contributed by atoms with Crippen LogP contribution in [0.15, 0.2) is 12.1 Å². The van der Waals surface area contributed by atoms with Crippen molar-refractivity contribution in [2.24, 2.45) is 7.05 Å². The summed E-state index contributed by atoms with van der Waals surface area (Å²) in [6, 6.07) is 4.15. The fourth-order valence-electron chi connectivity index (χ4n) is 5.93. The van der Waals surface area contributed by atoms with Crippen LogP contribution in [0.25, 0.3) is 22.3 Å². The van der Waals surface area contributed by atoms with Gasteiger partial charge in [-0.25, -0.2) is 9.97 Å². The zero-order valence-corrected chi connectivity index (χ0v) is 22.3. The molecule has 0 spiro atoms. The molecule has 2 atom stereocenters. The van der Waals surface area contributed by atoms with Gasteiger partial charge in [-0.3, -0.25) is 9.78 Å². The molecule has 1 aromatic carbocycles. The number of hydrogen-bond donors (Lipinski definition) is 2. The molecule has 1 saturated carbocycles. The van der Waals surface area contributed by atoms with E-state index in [9.17, 15) is 5.11 Å². The number of nitrogens with zero attached hydrogens (tertiary/aromatic N) is 7. The highest BCUT2D eigenvalue weighted by Crippen LogP contribution is 2.46. The molecule has 2 N–H and O–H groups in total. The van der Waals surface area contributed by atoms with Crippen molar-refractivity contribution in [3.8, 4) is 11.4 Å². The number of fused-ring (bicyclic) bond motifs is 2. The minimum atomic E-state index is -0.359. The van der Waals surface area contributed by atoms with E-state index in [1.807, 2.05) is 18.7 Å². The Bertz CT molecular complexity index is 1550. The molecular weight excluding hydrogens is 488 g/mol. The SMILES string of the molecule is Cc1ccc2[nH]nc(C)c2c1-c1nc2c(c(N3CC(O)[C@@H]3C)n1)CN(c1c(Cl)c(C3CC3)nn1C)CC2. The molecule has 10 heteroatoms. The summed E-state index contributed by atoms with van der Waals surface area (Å²) in [7, 11) is 1.98. The molecule has 0 amide bonds. The van der Waals surface area contributed by atoms with E-state index in [0.29, 0.717) is 19.0 Å². The molecule has 37 heavy (non-hydrogen) atoms. The molecule has 3 aromatic heterocycles. The topological polar surface area (TPSA) is 99.0 Å². The number of benzene rings is 1. The van der Waals surface area contributed by atoms with E-state index < -0.39 is 0 Å². The lowest BCUT2D eigenvalue weighted by atomic mass is 9.97. The van der Waals surface area contributed by atoms with E-state index in [0.717, 1.165) is 93.0 Å². The Kier molecular flexibility index (Phi) is 5.07. The number of aromatic nitrogens is 6. The molecule has 4 aromatic rings. The van der Waals surface area contributed by atoms with Gasteiger partial charge in [0.25, 0.3) is 0 Å². The van der Waals surface area contributed by atoms with Gasteiger partial charge in [0.1, 0.15) is 16.7 Å². The van der Waals surface area contributed by atoms with Crippen molar-refractivity contribution in [1.82, 2.24) is 29.9 Å². The zero-order chi connectivity index (χ0) is 25.6. The van der Waals surface area contributed by atoms with E-state index in [-0.39, 0.29) is 12.1 Å². The van der Waals surface area contributed by atoms with Crippen molar-refractivity contribution < 1.29 is 5.11 Å². The van der Waals surface area contributed by atoms with Crippen LogP contribution in [0.4, 0.5) is 11.6 Å². The molecule has 0 radical (unpaired) electrons. The summed E-state index contributed by atoms with van der Waals surface area (Å²) >= 11 is 6.88. The summed E-state index contributed by atoms with van der Waals surface area (Å²) in [6.45, 7) is 8.19. The standard InChI is InChI=1S/C27H31ClN8O/c1-13-5-8-19-22(14(2)31-32-19)21(13)25-29-18-9-10-35(27-23(28)24(16-6-7-16)33-34(27)4)11-17(18)26(30-25)36-12-20(37)15(36)3/h5,8,15-16,20,37H,6-7,9-12H2,1-4H3,(H,31,32)/t15-,20?/m0/s1. The fourth-order valence-corrected chi connectivity index (χ4v) is 6.36. The molecule has 192 valence electrons. The monoisotopic (exact) mass is 518 g/mol. The summed E-state index contributed by atoms with van der Waals surface area (Å²) in [6.07, 6.45) is 2.75. The molecule has 2 aliphatic heterocycles. The highest BCUT2D eigenvalue weighted by Gasteiger charge is 2.39. The van der Waals surface area contributed by atoms with Crippen LogP contribution in [-0.2, 0) is 20.0 Å². The zero-order valence-electron chi connectivity index (χ0n) is 21.6. The van der Waals surface area contributed by atoms with Crippen molar-refractivity contribution in [3.05, 3.63) is 45.4 Å². The molecule has 5 heterocycles. The number of aromatic amines is 1. The largest absolute Gasteiger partial charge is 0.389 e. The van der Waals surface area contributed by atoms with Gasteiger partial charge in [0.2, 0.25) is 0 Å². The first-order chi connectivity index (χ1) is 17.8. The third-order valence-corrected chi connectivity index (χ3v) is 8.70. The van der Waals surface area contributed by atoms with Crippen molar-refractivity contribution in [2.75, 3.05) is 22.9 Å². The molecule has 3 aliphatic rings. The van der Waals surface area contributed by atoms with Crippen molar-refractivity contribution in [1.29, 1.82) is 0 Å². The number of aliphatic hydroxyl groups excluding tert-OH is 1. The number of H-pyrrole nitrogens is 1. The Hall–Kier alpha value is -3.17. The average molecular weight is 519 g/mol. The van der Waals surface area contributed by atoms with Crippen LogP contribution in [0.1, 0.15) is 53.9 Å². The lowest BCUT2D eigenvalue weighted by Crippen LogP contribution is -2.59. The Balaban J connectivity index is 1.36. The van der Waals surface area contributed by atoms with Gasteiger partial charge in [0.15, 0.2) is 5.82 Å². The van der Waals surface area contributed by atoms with Crippen molar-refractivity contribution >= 4 is 34.1 Å². The molecule has 0 bridgehead atoms. The predicted octanol–water partition coefficient (Wildman–Crippen LogP) is 4.03. The highest BCUT2D eigenvalue weighted by molar-refractivity contribution is 6.33. The number of hydrogen-bond acceptors (Lipinski definition) is 7. The maximum Gasteiger partial charge on any atom is 0.162 e. The number of rotatable bonds is 4. The maximum absolute atomic E-state index is 10.4. The summed E-state index contributed by atoms with van der Waals surface area (Å²) in [4.78, 5) is 14.9. The lowest BCUT2D eigenvalue weighted by Gasteiger charge is -2.46. The van der Waals surface area contributed by atoms with Crippen LogP contribution in [0.2, 0.25) is 5.02 Å². The third kappa shape index (κ3) is 3.47. The minimum absolute atomic E-state index is 0.00321. The molecular formula is C27H31ClN8O. The fraction of sp³-hybridized carbons (Fsp3) is 0.481. The van der Waals surface area contributed by atoms with Gasteiger partial charge in [-0.2, -0.15) is 10.2 Å². The predicted molar refractivity (Wildman–Crippen MR) is 144 cm³/mol. The number of aliphatic hydroxyl groups is 1. The quantitative estimate of drug-likeness (QED) is 0.420. The minimum Gasteiger partial charge on any atom is -0.389 e. The number of halogens is 1. The first-order valence-corrected chi connectivity index (χ1v) is 13.5. The van der Waals surface area contributed by atoms with E-state index >= 15 is 0 Å². The van der Waals surface area contributed by atoms with Gasteiger partial charge in [-0.15, -0.1) is 0 Å². The number of β-amino-alcohol motifs (C(OH)–C–C–N with tert-alkyl or cyclic N) is 1. The lowest BCUT2D eigenvalue weighted by molar-refractivity contribution is 0.0985. The Morgan fingerprint density at radius 1 is 1.16 bits per heavy atom. The van der Waals surface area contributed by atoms with Gasteiger partial charge in [-0.05, 0) is 45.2 Å². The molecule has 1 unspecified atom stereocenters. The van der Waals surface area contributed by atoms with Crippen LogP contribution >= 0.6 is 11.6 Å². The van der Waals surface area contributed by atoms with E-state index in [1.165, 1.54) is 0 Å². The van der Waals surface area contributed by atoms with Crippen LogP contribution in [0, 0.1) is 13.8 Å². The summed E-state index contributed by atoms with van der Waals surface area (Å²) in [5.74, 6) is 3.08. The second-order valence-electron chi connectivity index (χ2n) is 10.8. The van der Waals surface area contributed by atoms with Crippen LogP contribution in [-0.4, -0.2) is 60.3 Å². The van der Waals surface area contributed by atoms with Gasteiger partial charge in [-0.1, -0.05) is 17.7 Å². The van der Waals surface area contributed by atoms with E-state index in [4.69, 9.17) is 26.7 Å². The van der Waals surface area contributed by atoms with Crippen LogP contribution in [0.3, 0.4) is 0 Å². The Morgan fingerprint density at radius 3 is 2.70 bits per heavy atom. The maximum atomic E-state index is 10.4. The van der Waals surface area contributed by atoms with Crippen LogP contribution < -0.4 is 9.80 Å². The molecule has 1 saturated heterocycles. The van der Waals surface area contributed by atoms with E-state index in [1.54, 1.807) is 0 Å². The molecule has 7 rings (SSSR count). The first-order valence-electron chi connectivity index (χ1n) is 13.1. The first kappa shape index (κ1) is 23.0. The smallest absolute Gasteiger partial charge is 0.162 e. The summed E-state index contributed by atoms with van der Waals surface area (Å²) in [5, 5.41) is 24.5. The van der Waals surface area contributed by atoms with Crippen molar-refractivity contribution in [3.63, 3.8) is 0 Å². The van der Waals surface area contributed by atoms with E-state index in [2.05, 4.69) is 46.0 Å². The third-order valence-electron chi connectivity index (χ3n) is 8.33. The van der Waals surface area contributed by atoms with Crippen molar-refractivity contribution in [2.45, 2.75) is 64.6 Å². The number of anilines is 2. The summed E-state index contributed by atoms with van der Waals surface area (Å²) < 4.78 is 1.93. The second-order valence-corrected chi connectivity index (χ2v) is 11.2. The van der Waals surface area contributed by atoms with Crippen LogP contribution in [0.5, 0.6) is 0 Å². The average Bonchev–Trinajstić information content (AvgIpc) is 3.60. The second kappa shape index (κ2) is 8.16. The molecule has 9 nitrogen and oxygen atoms in total. The molecule has 2 fully saturated rings. The molecule has 1 aliphatic carbocycles. The van der Waals surface area contributed by atoms with Gasteiger partial charge in [0, 0.05) is 55.5 Å². The Labute approximate surface area is 220 Å². The highest BCUT2D eigenvalue weighted by atomic mass is 35.5. The normalized spacial score (nSPS) is 21.5. The van der Waals surface area contributed by atoms with Gasteiger partial charge in [0.05, 0.1) is 34.7 Å². The Morgan fingerprint density at radius 2 is 1.97 bits per heavy atom. The number of nitrogens with one attached hydrogen (secondary N) is 1. The van der Waals surface area contributed by atoms with Gasteiger partial charge < -0.3 is 14.9 Å².